The lowest BCUT2D eigenvalue weighted by Crippen LogP contribution is -2.44. The Morgan fingerprint density at radius 1 is 1.20 bits per heavy atom. The zero-order valence-electron chi connectivity index (χ0n) is 14.2. The van der Waals surface area contributed by atoms with Crippen LogP contribution >= 0.6 is 0 Å². The topological polar surface area (TPSA) is 95.7 Å². The largest absolute Gasteiger partial charge is 0.481 e. The Bertz CT molecular complexity index is 727. The van der Waals surface area contributed by atoms with Crippen molar-refractivity contribution in [2.24, 2.45) is 16.7 Å². The average molecular weight is 346 g/mol. The quantitative estimate of drug-likeness (QED) is 0.831. The van der Waals surface area contributed by atoms with Gasteiger partial charge in [-0.15, -0.1) is 0 Å². The van der Waals surface area contributed by atoms with Gasteiger partial charge in [0, 0.05) is 51.4 Å². The summed E-state index contributed by atoms with van der Waals surface area (Å²) in [6, 6.07) is 1.83. The molecule has 8 nitrogen and oxygen atoms in total. The van der Waals surface area contributed by atoms with Gasteiger partial charge < -0.3 is 14.9 Å². The molecule has 25 heavy (non-hydrogen) atoms. The summed E-state index contributed by atoms with van der Waals surface area (Å²) in [5.74, 6) is -1.18. The molecule has 1 saturated carbocycles. The molecule has 2 amide bonds. The number of carbonyl (C=O) groups excluding carboxylic acids is 2. The molecule has 0 unspecified atom stereocenters. The van der Waals surface area contributed by atoms with Crippen LogP contribution in [0.5, 0.6) is 0 Å². The molecular weight excluding hydrogens is 324 g/mol. The molecule has 3 heterocycles. The van der Waals surface area contributed by atoms with E-state index in [1.54, 1.807) is 20.7 Å². The van der Waals surface area contributed by atoms with Crippen molar-refractivity contribution < 1.29 is 19.5 Å². The Morgan fingerprint density at radius 2 is 1.88 bits per heavy atom. The van der Waals surface area contributed by atoms with E-state index < -0.39 is 16.8 Å². The number of hydrogen-bond donors (Lipinski definition) is 1. The Hall–Kier alpha value is -2.38. The first-order valence-electron chi connectivity index (χ1n) is 8.62. The fraction of sp³-hybridized carbons (Fsp3) is 0.647. The fourth-order valence-electron chi connectivity index (χ4n) is 4.39. The van der Waals surface area contributed by atoms with E-state index in [2.05, 4.69) is 5.10 Å². The summed E-state index contributed by atoms with van der Waals surface area (Å²) >= 11 is 0. The van der Waals surface area contributed by atoms with Gasteiger partial charge in [-0.25, -0.2) is 0 Å². The van der Waals surface area contributed by atoms with Crippen LogP contribution in [0.25, 0.3) is 0 Å². The molecule has 2 aliphatic heterocycles. The van der Waals surface area contributed by atoms with Crippen molar-refractivity contribution in [3.8, 4) is 0 Å². The predicted octanol–water partition coefficient (Wildman–Crippen LogP) is 0.0548. The molecule has 1 N–H and O–H groups in total. The number of fused-ring (bicyclic) bond motifs is 1. The standard InChI is InChI=1S/C17H22N4O4/c1-12(22)19-7-13-8-20(11-17(13,10-19)15(24)25)14(23)16(3-4-16)9-21-6-2-5-18-21/h2,5-6,13H,3-4,7-11H2,1H3,(H,24,25)/t13-,17-/m1/s1. The maximum absolute atomic E-state index is 13.1. The first-order chi connectivity index (χ1) is 11.9. The maximum Gasteiger partial charge on any atom is 0.313 e. The molecule has 8 heteroatoms. The van der Waals surface area contributed by atoms with Crippen molar-refractivity contribution in [1.82, 2.24) is 19.6 Å². The fourth-order valence-corrected chi connectivity index (χ4v) is 4.39. The van der Waals surface area contributed by atoms with E-state index in [0.717, 1.165) is 12.8 Å². The molecule has 0 spiro atoms. The van der Waals surface area contributed by atoms with Crippen LogP contribution in [0.2, 0.25) is 0 Å². The van der Waals surface area contributed by atoms with Gasteiger partial charge in [-0.2, -0.15) is 5.10 Å². The SMILES string of the molecule is CC(=O)N1C[C@@H]2CN(C(=O)C3(Cn4cccn4)CC3)C[C@]2(C(=O)O)C1. The van der Waals surface area contributed by atoms with Crippen LogP contribution in [0.3, 0.4) is 0 Å². The molecule has 0 bridgehead atoms. The van der Waals surface area contributed by atoms with Gasteiger partial charge in [0.2, 0.25) is 11.8 Å². The van der Waals surface area contributed by atoms with Crippen LogP contribution in [0.4, 0.5) is 0 Å². The molecule has 1 aliphatic carbocycles. The Morgan fingerprint density at radius 3 is 2.40 bits per heavy atom. The lowest BCUT2D eigenvalue weighted by Gasteiger charge is -2.27. The summed E-state index contributed by atoms with van der Waals surface area (Å²) in [5.41, 5.74) is -1.46. The Balaban J connectivity index is 1.51. The lowest BCUT2D eigenvalue weighted by molar-refractivity contribution is -0.149. The van der Waals surface area contributed by atoms with E-state index in [1.807, 2.05) is 12.3 Å². The van der Waals surface area contributed by atoms with Crippen molar-refractivity contribution in [3.05, 3.63) is 18.5 Å². The zero-order valence-corrected chi connectivity index (χ0v) is 14.2. The first kappa shape index (κ1) is 16.1. The van der Waals surface area contributed by atoms with E-state index >= 15 is 0 Å². The highest BCUT2D eigenvalue weighted by Gasteiger charge is 2.62. The predicted molar refractivity (Wildman–Crippen MR) is 86.3 cm³/mol. The van der Waals surface area contributed by atoms with Crippen molar-refractivity contribution in [2.75, 3.05) is 26.2 Å². The molecular formula is C17H22N4O4. The summed E-state index contributed by atoms with van der Waals surface area (Å²) in [6.07, 6.45) is 5.16. The third-order valence-electron chi connectivity index (χ3n) is 6.10. The second-order valence-corrected chi connectivity index (χ2v) is 7.73. The Labute approximate surface area is 145 Å². The van der Waals surface area contributed by atoms with Gasteiger partial charge in [-0.1, -0.05) is 0 Å². The third-order valence-corrected chi connectivity index (χ3v) is 6.10. The van der Waals surface area contributed by atoms with Gasteiger partial charge in [-0.05, 0) is 18.9 Å². The van der Waals surface area contributed by atoms with Crippen LogP contribution < -0.4 is 0 Å². The van der Waals surface area contributed by atoms with Crippen molar-refractivity contribution >= 4 is 17.8 Å². The molecule has 4 rings (SSSR count). The summed E-state index contributed by atoms with van der Waals surface area (Å²) < 4.78 is 1.77. The van der Waals surface area contributed by atoms with E-state index in [9.17, 15) is 19.5 Å². The Kier molecular flexibility index (Phi) is 3.42. The van der Waals surface area contributed by atoms with Gasteiger partial charge in [-0.3, -0.25) is 19.1 Å². The number of aromatic nitrogens is 2. The molecule has 0 radical (unpaired) electrons. The molecule has 3 aliphatic rings. The minimum atomic E-state index is -1.02. The van der Waals surface area contributed by atoms with Crippen LogP contribution in [-0.4, -0.2) is 68.6 Å². The van der Waals surface area contributed by atoms with Crippen LogP contribution in [0.15, 0.2) is 18.5 Å². The number of hydrogen-bond acceptors (Lipinski definition) is 4. The number of carbonyl (C=O) groups is 3. The number of nitrogens with zero attached hydrogens (tertiary/aromatic N) is 4. The number of carboxylic acids is 1. The van der Waals surface area contributed by atoms with Gasteiger partial charge in [0.25, 0.3) is 0 Å². The number of rotatable bonds is 4. The van der Waals surface area contributed by atoms with E-state index in [1.165, 1.54) is 6.92 Å². The third kappa shape index (κ3) is 2.42. The molecule has 2 saturated heterocycles. The smallest absolute Gasteiger partial charge is 0.313 e. The van der Waals surface area contributed by atoms with Gasteiger partial charge >= 0.3 is 5.97 Å². The number of amides is 2. The minimum Gasteiger partial charge on any atom is -0.481 e. The highest BCUT2D eigenvalue weighted by Crippen LogP contribution is 2.51. The van der Waals surface area contributed by atoms with Crippen LogP contribution in [0, 0.1) is 16.7 Å². The number of aliphatic carboxylic acids is 1. The highest BCUT2D eigenvalue weighted by atomic mass is 16.4. The summed E-state index contributed by atoms with van der Waals surface area (Å²) in [4.78, 5) is 40.0. The van der Waals surface area contributed by atoms with Gasteiger partial charge in [0.1, 0.15) is 5.41 Å². The summed E-state index contributed by atoms with van der Waals surface area (Å²) in [7, 11) is 0. The van der Waals surface area contributed by atoms with Crippen molar-refractivity contribution in [2.45, 2.75) is 26.3 Å². The molecule has 1 aromatic heterocycles. The first-order valence-corrected chi connectivity index (χ1v) is 8.62. The second kappa shape index (κ2) is 5.31. The van der Waals surface area contributed by atoms with E-state index in [0.29, 0.717) is 19.6 Å². The number of likely N-dealkylation sites (tertiary alicyclic amines) is 2. The average Bonchev–Trinajstić information content (AvgIpc) is 2.90. The molecule has 134 valence electrons. The lowest BCUT2D eigenvalue weighted by atomic mass is 9.81. The van der Waals surface area contributed by atoms with Gasteiger partial charge in [0.15, 0.2) is 0 Å². The molecule has 2 atom stereocenters. The van der Waals surface area contributed by atoms with Crippen LogP contribution in [-0.2, 0) is 20.9 Å². The van der Waals surface area contributed by atoms with Crippen molar-refractivity contribution in [3.63, 3.8) is 0 Å². The van der Waals surface area contributed by atoms with Crippen molar-refractivity contribution in [1.29, 1.82) is 0 Å². The van der Waals surface area contributed by atoms with E-state index in [4.69, 9.17) is 0 Å². The zero-order chi connectivity index (χ0) is 17.8. The molecule has 3 fully saturated rings. The summed E-state index contributed by atoms with van der Waals surface area (Å²) in [6.45, 7) is 3.21. The molecule has 1 aromatic rings. The maximum atomic E-state index is 13.1. The second-order valence-electron chi connectivity index (χ2n) is 7.73. The monoisotopic (exact) mass is 346 g/mol. The highest BCUT2D eigenvalue weighted by molar-refractivity contribution is 5.88. The van der Waals surface area contributed by atoms with Gasteiger partial charge in [0.05, 0.1) is 12.0 Å². The number of carboxylic acid groups (broad SMARTS) is 1. The van der Waals surface area contributed by atoms with E-state index in [-0.39, 0.29) is 30.8 Å². The van der Waals surface area contributed by atoms with Crippen LogP contribution in [0.1, 0.15) is 19.8 Å². The molecule has 0 aromatic carbocycles. The summed E-state index contributed by atoms with van der Waals surface area (Å²) in [5, 5.41) is 14.0. The normalized spacial score (nSPS) is 29.6. The minimum absolute atomic E-state index is 0.0346.